The van der Waals surface area contributed by atoms with Crippen LogP contribution in [0.1, 0.15) is 35.2 Å². The van der Waals surface area contributed by atoms with Crippen molar-refractivity contribution >= 4 is 33.2 Å². The maximum atomic E-state index is 12.8. The lowest BCUT2D eigenvalue weighted by molar-refractivity contribution is -0.676. The fourth-order valence-electron chi connectivity index (χ4n) is 3.86. The Morgan fingerprint density at radius 1 is 1.03 bits per heavy atom. The molecule has 0 bridgehead atoms. The number of rotatable bonds is 6. The topological polar surface area (TPSA) is 91.9 Å². The number of anilines is 1. The van der Waals surface area contributed by atoms with E-state index in [4.69, 9.17) is 11.6 Å². The summed E-state index contributed by atoms with van der Waals surface area (Å²) in [5.41, 5.74) is 4.57. The number of carbonyl (C=O) groups is 1. The first-order valence-corrected chi connectivity index (χ1v) is 12.4. The van der Waals surface area contributed by atoms with Crippen molar-refractivity contribution in [3.8, 4) is 0 Å². The predicted molar refractivity (Wildman–Crippen MR) is 125 cm³/mol. The molecule has 0 fully saturated rings. The zero-order valence-electron chi connectivity index (χ0n) is 17.6. The lowest BCUT2D eigenvalue weighted by atomic mass is 10.1. The van der Waals surface area contributed by atoms with Crippen molar-refractivity contribution in [2.24, 2.45) is 0 Å². The second-order valence-corrected chi connectivity index (χ2v) is 10.3. The Balaban J connectivity index is 1.39. The highest BCUT2D eigenvalue weighted by Crippen LogP contribution is 2.23. The number of urea groups is 1. The summed E-state index contributed by atoms with van der Waals surface area (Å²) in [4.78, 5) is 12.6. The molecule has 3 aromatic rings. The molecule has 0 radical (unpaired) electrons. The average Bonchev–Trinajstić information content (AvgIpc) is 3.22. The van der Waals surface area contributed by atoms with Gasteiger partial charge in [-0.05, 0) is 54.4 Å². The summed E-state index contributed by atoms with van der Waals surface area (Å²) in [5.74, 6) is -0.0527. The maximum Gasteiger partial charge on any atom is 0.319 e. The molecule has 1 heterocycles. The van der Waals surface area contributed by atoms with Gasteiger partial charge in [0.25, 0.3) is 0 Å². The molecule has 2 amide bonds. The van der Waals surface area contributed by atoms with Gasteiger partial charge in [0.1, 0.15) is 13.1 Å². The highest BCUT2D eigenvalue weighted by atomic mass is 35.5. The van der Waals surface area contributed by atoms with Crippen LogP contribution in [0.2, 0.25) is 5.02 Å². The summed E-state index contributed by atoms with van der Waals surface area (Å²) in [6.07, 6.45) is 0. The third kappa shape index (κ3) is 5.12. The summed E-state index contributed by atoms with van der Waals surface area (Å²) in [6, 6.07) is 18.7. The Kier molecular flexibility index (Phi) is 6.50. The molecule has 6 nitrogen and oxygen atoms in total. The third-order valence-corrected chi connectivity index (χ3v) is 7.59. The van der Waals surface area contributed by atoms with Crippen LogP contribution in [0, 0.1) is 0 Å². The molecule has 4 rings (SSSR count). The van der Waals surface area contributed by atoms with Gasteiger partial charge >= 0.3 is 6.03 Å². The van der Waals surface area contributed by atoms with Crippen LogP contribution >= 0.6 is 11.6 Å². The highest BCUT2D eigenvalue weighted by molar-refractivity contribution is 7.90. The number of sulfone groups is 1. The van der Waals surface area contributed by atoms with Crippen LogP contribution in [0.3, 0.4) is 0 Å². The van der Waals surface area contributed by atoms with Crippen molar-refractivity contribution in [2.75, 3.05) is 5.32 Å². The fraction of sp³-hybridized carbons (Fsp3) is 0.208. The molecule has 0 saturated heterocycles. The van der Waals surface area contributed by atoms with E-state index in [0.717, 1.165) is 24.2 Å². The standard InChI is InChI=1S/C24H24ClN3O3S/c1-16(22-4-2-3-5-23(22)25)27-24(29)28-20-8-10-21(11-9-20)32(30,31)15-17-6-7-18-13-26-14-19(18)12-17/h2-12,16,26H,13-15H2,1H3,(H2,27,28,29)/p+1. The number of hydrogen-bond acceptors (Lipinski definition) is 3. The molecule has 166 valence electrons. The Morgan fingerprint density at radius 3 is 2.50 bits per heavy atom. The van der Waals surface area contributed by atoms with E-state index in [1.807, 2.05) is 43.3 Å². The number of carbonyl (C=O) groups excluding carboxylic acids is 1. The second-order valence-electron chi connectivity index (χ2n) is 7.93. The first-order chi connectivity index (χ1) is 15.3. The molecule has 1 atom stereocenters. The van der Waals surface area contributed by atoms with Crippen molar-refractivity contribution in [1.82, 2.24) is 5.32 Å². The lowest BCUT2D eigenvalue weighted by Gasteiger charge is -2.16. The number of halogens is 1. The van der Waals surface area contributed by atoms with Crippen molar-refractivity contribution in [3.05, 3.63) is 94.0 Å². The maximum absolute atomic E-state index is 12.8. The van der Waals surface area contributed by atoms with E-state index in [9.17, 15) is 13.2 Å². The molecule has 3 aromatic carbocycles. The molecule has 0 spiro atoms. The Labute approximate surface area is 192 Å². The van der Waals surface area contributed by atoms with Crippen molar-refractivity contribution in [3.63, 3.8) is 0 Å². The summed E-state index contributed by atoms with van der Waals surface area (Å²) in [6.45, 7) is 3.68. The summed E-state index contributed by atoms with van der Waals surface area (Å²) in [5, 5.41) is 8.33. The molecule has 1 unspecified atom stereocenters. The second kappa shape index (κ2) is 9.32. The number of fused-ring (bicyclic) bond motifs is 1. The zero-order chi connectivity index (χ0) is 22.7. The van der Waals surface area contributed by atoms with Crippen molar-refractivity contribution in [2.45, 2.75) is 36.7 Å². The fourth-order valence-corrected chi connectivity index (χ4v) is 5.49. The number of quaternary nitrogens is 1. The van der Waals surface area contributed by atoms with Gasteiger partial charge in [0, 0.05) is 21.8 Å². The van der Waals surface area contributed by atoms with Crippen molar-refractivity contribution < 1.29 is 18.5 Å². The SMILES string of the molecule is CC(NC(=O)Nc1ccc(S(=O)(=O)Cc2ccc3c(c2)C[NH2+]C3)cc1)c1ccccc1Cl. The van der Waals surface area contributed by atoms with Gasteiger partial charge in [-0.2, -0.15) is 0 Å². The summed E-state index contributed by atoms with van der Waals surface area (Å²) in [7, 11) is -3.49. The van der Waals surface area contributed by atoms with E-state index in [-0.39, 0.29) is 16.7 Å². The number of nitrogens with one attached hydrogen (secondary N) is 2. The summed E-state index contributed by atoms with van der Waals surface area (Å²) < 4.78 is 25.7. The lowest BCUT2D eigenvalue weighted by Crippen LogP contribution is -2.77. The number of amides is 2. The molecule has 1 aliphatic rings. The third-order valence-electron chi connectivity index (χ3n) is 5.55. The van der Waals surface area contributed by atoms with Crippen LogP contribution in [-0.4, -0.2) is 14.4 Å². The molecular weight excluding hydrogens is 446 g/mol. The van der Waals surface area contributed by atoms with E-state index in [1.165, 1.54) is 23.3 Å². The first-order valence-electron chi connectivity index (χ1n) is 10.4. The molecule has 0 aromatic heterocycles. The Bertz CT molecular complexity index is 1240. The quantitative estimate of drug-likeness (QED) is 0.512. The number of hydrogen-bond donors (Lipinski definition) is 3. The van der Waals surface area contributed by atoms with Crippen LogP contribution in [0.15, 0.2) is 71.6 Å². The molecule has 8 heteroatoms. The number of nitrogens with two attached hydrogens (primary N) is 1. The minimum atomic E-state index is -3.49. The van der Waals surface area contributed by atoms with E-state index in [2.05, 4.69) is 16.0 Å². The van der Waals surface area contributed by atoms with Crippen LogP contribution in [0.4, 0.5) is 10.5 Å². The van der Waals surface area contributed by atoms with Crippen LogP contribution in [0.5, 0.6) is 0 Å². The summed E-state index contributed by atoms with van der Waals surface area (Å²) >= 11 is 6.18. The number of benzene rings is 3. The molecular formula is C24H25ClN3O3S+. The average molecular weight is 471 g/mol. The Morgan fingerprint density at radius 2 is 1.75 bits per heavy atom. The van der Waals surface area contributed by atoms with Gasteiger partial charge in [0.05, 0.1) is 16.7 Å². The van der Waals surface area contributed by atoms with Crippen molar-refractivity contribution in [1.29, 1.82) is 0 Å². The van der Waals surface area contributed by atoms with E-state index >= 15 is 0 Å². The molecule has 4 N–H and O–H groups in total. The molecule has 1 aliphatic heterocycles. The van der Waals surface area contributed by atoms with Gasteiger partial charge in [-0.15, -0.1) is 0 Å². The van der Waals surface area contributed by atoms with Crippen LogP contribution in [0.25, 0.3) is 0 Å². The van der Waals surface area contributed by atoms with Gasteiger partial charge in [-0.25, -0.2) is 13.2 Å². The monoisotopic (exact) mass is 470 g/mol. The first kappa shape index (κ1) is 22.3. The minimum absolute atomic E-state index is 0.0527. The van der Waals surface area contributed by atoms with Crippen LogP contribution < -0.4 is 16.0 Å². The minimum Gasteiger partial charge on any atom is -0.339 e. The van der Waals surface area contributed by atoms with E-state index in [0.29, 0.717) is 10.7 Å². The van der Waals surface area contributed by atoms with E-state index < -0.39 is 15.9 Å². The normalized spacial score (nSPS) is 13.9. The van der Waals surface area contributed by atoms with Gasteiger partial charge in [-0.1, -0.05) is 41.9 Å². The molecule has 0 saturated carbocycles. The Hall–Kier alpha value is -2.87. The van der Waals surface area contributed by atoms with Gasteiger partial charge in [-0.3, -0.25) is 0 Å². The molecule has 0 aliphatic carbocycles. The van der Waals surface area contributed by atoms with Gasteiger partial charge < -0.3 is 16.0 Å². The van der Waals surface area contributed by atoms with Gasteiger partial charge in [0.2, 0.25) is 0 Å². The smallest absolute Gasteiger partial charge is 0.319 e. The van der Waals surface area contributed by atoms with Crippen LogP contribution in [-0.2, 0) is 28.7 Å². The highest BCUT2D eigenvalue weighted by Gasteiger charge is 2.19. The largest absolute Gasteiger partial charge is 0.339 e. The predicted octanol–water partition coefficient (Wildman–Crippen LogP) is 3.77. The molecule has 32 heavy (non-hydrogen) atoms. The zero-order valence-corrected chi connectivity index (χ0v) is 19.2. The van der Waals surface area contributed by atoms with Gasteiger partial charge in [0.15, 0.2) is 9.84 Å². The van der Waals surface area contributed by atoms with E-state index in [1.54, 1.807) is 18.2 Å².